The number of halogens is 1. The first-order valence-corrected chi connectivity index (χ1v) is 6.99. The normalized spacial score (nSPS) is 16.6. The van der Waals surface area contributed by atoms with E-state index in [2.05, 4.69) is 9.97 Å². The second-order valence-corrected chi connectivity index (χ2v) is 5.47. The summed E-state index contributed by atoms with van der Waals surface area (Å²) >= 11 is 11.1. The molecule has 8 heteroatoms. The Morgan fingerprint density at radius 2 is 2.00 bits per heavy atom. The average Bonchev–Trinajstić information content (AvgIpc) is 2.46. The SMILES string of the molecule is N#CC1=C(N)Oc2[nH]c(=O)[nH]c(=S)c2C1c1ccc(Cl)cc1. The summed E-state index contributed by atoms with van der Waals surface area (Å²) in [7, 11) is 0. The zero-order chi connectivity index (χ0) is 15.9. The van der Waals surface area contributed by atoms with Crippen LogP contribution < -0.4 is 16.2 Å². The number of hydrogen-bond acceptors (Lipinski definition) is 5. The fourth-order valence-electron chi connectivity index (χ4n) is 2.38. The molecule has 0 aliphatic carbocycles. The molecular formula is C14H9ClN4O2S. The van der Waals surface area contributed by atoms with E-state index in [9.17, 15) is 10.1 Å². The van der Waals surface area contributed by atoms with Crippen LogP contribution in [0.1, 0.15) is 17.0 Å². The van der Waals surface area contributed by atoms with Crippen molar-refractivity contribution in [1.82, 2.24) is 9.97 Å². The van der Waals surface area contributed by atoms with E-state index < -0.39 is 11.6 Å². The van der Waals surface area contributed by atoms with Crippen LogP contribution in [0, 0.1) is 16.0 Å². The summed E-state index contributed by atoms with van der Waals surface area (Å²) in [5, 5.41) is 9.98. The Balaban J connectivity index is 2.32. The average molecular weight is 333 g/mol. The van der Waals surface area contributed by atoms with Crippen LogP contribution >= 0.6 is 23.8 Å². The first kappa shape index (κ1) is 14.4. The van der Waals surface area contributed by atoms with E-state index in [1.807, 2.05) is 6.07 Å². The number of nitrogens with zero attached hydrogens (tertiary/aromatic N) is 1. The summed E-state index contributed by atoms with van der Waals surface area (Å²) in [5.41, 5.74) is 6.77. The molecule has 0 saturated heterocycles. The van der Waals surface area contributed by atoms with Gasteiger partial charge in [0, 0.05) is 5.02 Å². The minimum absolute atomic E-state index is 0.0637. The highest BCUT2D eigenvalue weighted by molar-refractivity contribution is 7.71. The summed E-state index contributed by atoms with van der Waals surface area (Å²) in [5.74, 6) is -0.456. The predicted octanol–water partition coefficient (Wildman–Crippen LogP) is 2.30. The van der Waals surface area contributed by atoms with Crippen LogP contribution in [-0.2, 0) is 0 Å². The minimum atomic E-state index is -0.536. The Kier molecular flexibility index (Phi) is 3.48. The summed E-state index contributed by atoms with van der Waals surface area (Å²) in [6.07, 6.45) is 0. The Morgan fingerprint density at radius 1 is 1.32 bits per heavy atom. The number of fused-ring (bicyclic) bond motifs is 1. The molecule has 2 heterocycles. The van der Waals surface area contributed by atoms with Crippen molar-refractivity contribution in [2.45, 2.75) is 5.92 Å². The molecule has 110 valence electrons. The molecule has 2 aromatic rings. The van der Waals surface area contributed by atoms with Gasteiger partial charge in [-0.15, -0.1) is 0 Å². The lowest BCUT2D eigenvalue weighted by atomic mass is 9.85. The lowest BCUT2D eigenvalue weighted by Crippen LogP contribution is -2.25. The van der Waals surface area contributed by atoms with Gasteiger partial charge in [-0.2, -0.15) is 5.26 Å². The number of ether oxygens (including phenoxy) is 1. The van der Waals surface area contributed by atoms with E-state index in [1.54, 1.807) is 24.3 Å². The van der Waals surface area contributed by atoms with Gasteiger partial charge < -0.3 is 10.5 Å². The smallest absolute Gasteiger partial charge is 0.326 e. The van der Waals surface area contributed by atoms with Gasteiger partial charge in [0.25, 0.3) is 0 Å². The highest BCUT2D eigenvalue weighted by Crippen LogP contribution is 2.40. The van der Waals surface area contributed by atoms with Crippen molar-refractivity contribution in [3.05, 3.63) is 67.0 Å². The molecule has 1 aliphatic rings. The first-order chi connectivity index (χ1) is 10.5. The van der Waals surface area contributed by atoms with Gasteiger partial charge in [0.1, 0.15) is 16.3 Å². The predicted molar refractivity (Wildman–Crippen MR) is 83.0 cm³/mol. The topological polar surface area (TPSA) is 108 Å². The van der Waals surface area contributed by atoms with Gasteiger partial charge in [0.2, 0.25) is 11.8 Å². The fourth-order valence-corrected chi connectivity index (χ4v) is 2.81. The first-order valence-electron chi connectivity index (χ1n) is 6.21. The molecule has 1 unspecified atom stereocenters. The van der Waals surface area contributed by atoms with Gasteiger partial charge in [-0.25, -0.2) is 4.79 Å². The number of nitrogens with one attached hydrogen (secondary N) is 2. The monoisotopic (exact) mass is 332 g/mol. The van der Waals surface area contributed by atoms with E-state index in [0.29, 0.717) is 10.6 Å². The van der Waals surface area contributed by atoms with Crippen molar-refractivity contribution in [3.63, 3.8) is 0 Å². The molecule has 1 atom stereocenters. The largest absolute Gasteiger partial charge is 0.424 e. The van der Waals surface area contributed by atoms with Gasteiger partial charge in [0.15, 0.2) is 0 Å². The maximum absolute atomic E-state index is 11.5. The molecule has 6 nitrogen and oxygen atoms in total. The molecule has 0 saturated carbocycles. The van der Waals surface area contributed by atoms with E-state index >= 15 is 0 Å². The van der Waals surface area contributed by atoms with Gasteiger partial charge in [-0.05, 0) is 17.7 Å². The van der Waals surface area contributed by atoms with Crippen LogP contribution in [0.15, 0.2) is 40.5 Å². The lowest BCUT2D eigenvalue weighted by Gasteiger charge is -2.25. The van der Waals surface area contributed by atoms with Crippen LogP contribution in [0.4, 0.5) is 0 Å². The van der Waals surface area contributed by atoms with Gasteiger partial charge in [-0.1, -0.05) is 36.0 Å². The Morgan fingerprint density at radius 3 is 2.64 bits per heavy atom. The highest BCUT2D eigenvalue weighted by atomic mass is 35.5. The van der Waals surface area contributed by atoms with Crippen molar-refractivity contribution in [2.24, 2.45) is 5.73 Å². The molecule has 22 heavy (non-hydrogen) atoms. The second-order valence-electron chi connectivity index (χ2n) is 4.63. The van der Waals surface area contributed by atoms with Crippen LogP contribution in [0.5, 0.6) is 5.88 Å². The maximum atomic E-state index is 11.5. The number of hydrogen-bond donors (Lipinski definition) is 3. The minimum Gasteiger partial charge on any atom is -0.424 e. The molecular weight excluding hydrogens is 324 g/mol. The third-order valence-corrected chi connectivity index (χ3v) is 3.90. The molecule has 0 spiro atoms. The number of rotatable bonds is 1. The van der Waals surface area contributed by atoms with Gasteiger partial charge in [-0.3, -0.25) is 9.97 Å². The molecule has 4 N–H and O–H groups in total. The molecule has 1 aliphatic heterocycles. The fraction of sp³-hybridized carbons (Fsp3) is 0.0714. The number of nitriles is 1. The summed E-state index contributed by atoms with van der Waals surface area (Å²) in [4.78, 5) is 16.5. The third-order valence-electron chi connectivity index (χ3n) is 3.32. The number of aromatic nitrogens is 2. The quantitative estimate of drug-likeness (QED) is 0.694. The van der Waals surface area contributed by atoms with Crippen LogP contribution in [0.3, 0.4) is 0 Å². The number of nitrogens with two attached hydrogens (primary N) is 1. The molecule has 0 radical (unpaired) electrons. The number of H-pyrrole nitrogens is 2. The summed E-state index contributed by atoms with van der Waals surface area (Å²) in [6, 6.07) is 8.99. The Labute approximate surface area is 134 Å². The van der Waals surface area contributed by atoms with E-state index in [4.69, 9.17) is 34.3 Å². The molecule has 3 rings (SSSR count). The molecule has 0 fully saturated rings. The highest BCUT2D eigenvalue weighted by Gasteiger charge is 2.32. The van der Waals surface area contributed by atoms with Gasteiger partial charge in [0.05, 0.1) is 11.5 Å². The van der Waals surface area contributed by atoms with Crippen molar-refractivity contribution in [3.8, 4) is 11.9 Å². The van der Waals surface area contributed by atoms with Crippen molar-refractivity contribution >= 4 is 23.8 Å². The van der Waals surface area contributed by atoms with Crippen molar-refractivity contribution in [1.29, 1.82) is 5.26 Å². The van der Waals surface area contributed by atoms with E-state index in [0.717, 1.165) is 5.56 Å². The maximum Gasteiger partial charge on any atom is 0.326 e. The van der Waals surface area contributed by atoms with Gasteiger partial charge >= 0.3 is 5.69 Å². The third kappa shape index (κ3) is 2.28. The summed E-state index contributed by atoms with van der Waals surface area (Å²) < 4.78 is 5.53. The standard InChI is InChI=1S/C14H9ClN4O2S/c15-7-3-1-6(2-4-7)9-8(5-16)11(17)21-12-10(9)13(22)19-14(20)18-12/h1-4,9H,17H2,(H2,18,19,20,22). The Hall–Kier alpha value is -2.56. The molecule has 1 aromatic carbocycles. The van der Waals surface area contributed by atoms with Crippen LogP contribution in [0.2, 0.25) is 5.02 Å². The van der Waals surface area contributed by atoms with Crippen LogP contribution in [-0.4, -0.2) is 9.97 Å². The summed E-state index contributed by atoms with van der Waals surface area (Å²) in [6.45, 7) is 0. The Bertz CT molecular complexity index is 937. The van der Waals surface area contributed by atoms with E-state index in [-0.39, 0.29) is 22.0 Å². The van der Waals surface area contributed by atoms with Crippen molar-refractivity contribution in [2.75, 3.05) is 0 Å². The molecule has 1 aromatic heterocycles. The number of aromatic amines is 2. The zero-order valence-corrected chi connectivity index (χ0v) is 12.6. The number of benzene rings is 1. The van der Waals surface area contributed by atoms with Crippen LogP contribution in [0.25, 0.3) is 0 Å². The second kappa shape index (κ2) is 5.33. The zero-order valence-electron chi connectivity index (χ0n) is 11.0. The lowest BCUT2D eigenvalue weighted by molar-refractivity contribution is 0.374. The molecule has 0 amide bonds. The van der Waals surface area contributed by atoms with E-state index in [1.165, 1.54) is 0 Å². The molecule has 0 bridgehead atoms. The van der Waals surface area contributed by atoms with Crippen molar-refractivity contribution < 1.29 is 4.74 Å². The number of allylic oxidation sites excluding steroid dienone is 1.